The van der Waals surface area contributed by atoms with Crippen LogP contribution in [0.5, 0.6) is 0 Å². The number of nitrogens with zero attached hydrogens (tertiary/aromatic N) is 2. The molecule has 0 aliphatic carbocycles. The molecule has 0 aliphatic heterocycles. The molecule has 9 heteroatoms. The van der Waals surface area contributed by atoms with Crippen LogP contribution in [0.15, 0.2) is 41.5 Å². The van der Waals surface area contributed by atoms with Gasteiger partial charge >= 0.3 is 6.03 Å². The number of benzene rings is 2. The van der Waals surface area contributed by atoms with Crippen LogP contribution >= 0.6 is 46.4 Å². The molecule has 0 fully saturated rings. The molecule has 2 amide bonds. The van der Waals surface area contributed by atoms with Gasteiger partial charge in [0, 0.05) is 0 Å². The van der Waals surface area contributed by atoms with Gasteiger partial charge in [-0.2, -0.15) is 5.53 Å². The summed E-state index contributed by atoms with van der Waals surface area (Å²) in [6, 6.07) is 8.83. The average Bonchev–Trinajstić information content (AvgIpc) is 2.51. The zero-order chi connectivity index (χ0) is 16.3. The zero-order valence-corrected chi connectivity index (χ0v) is 13.8. The largest absolute Gasteiger partial charge is 0.378 e. The molecule has 0 aromatic heterocycles. The number of nitrogens with one attached hydrogen (secondary N) is 2. The molecular formula is C13H8Cl4N4O. The van der Waals surface area contributed by atoms with Gasteiger partial charge in [-0.1, -0.05) is 63.7 Å². The van der Waals surface area contributed by atoms with Crippen molar-refractivity contribution < 1.29 is 4.79 Å². The Bertz CT molecular complexity index is 686. The summed E-state index contributed by atoms with van der Waals surface area (Å²) >= 11 is 24.3. The number of amides is 2. The summed E-state index contributed by atoms with van der Waals surface area (Å²) in [5.41, 5.74) is 9.89. The molecule has 0 bridgehead atoms. The second-order valence-electron chi connectivity index (χ2n) is 4.01. The number of hydrazine groups is 1. The third kappa shape index (κ3) is 3.44. The summed E-state index contributed by atoms with van der Waals surface area (Å²) in [4.78, 5) is 11.5. The van der Waals surface area contributed by atoms with Gasteiger partial charge in [0.05, 0.1) is 31.5 Å². The minimum Gasteiger partial charge on any atom is -0.249 e. The maximum Gasteiger partial charge on any atom is 0.378 e. The van der Waals surface area contributed by atoms with E-state index >= 15 is 0 Å². The fraction of sp³-hybridized carbons (Fsp3) is 0. The summed E-state index contributed by atoms with van der Waals surface area (Å²) in [6.07, 6.45) is 0. The van der Waals surface area contributed by atoms with Gasteiger partial charge in [0.25, 0.3) is 0 Å². The first-order chi connectivity index (χ1) is 10.5. The average molecular weight is 378 g/mol. The van der Waals surface area contributed by atoms with Crippen LogP contribution in [0, 0.1) is 5.53 Å². The van der Waals surface area contributed by atoms with E-state index in [0.717, 1.165) is 0 Å². The molecule has 0 radical (unpaired) electrons. The minimum absolute atomic E-state index is 0.200. The summed E-state index contributed by atoms with van der Waals surface area (Å²) < 4.78 is 0. The van der Waals surface area contributed by atoms with Crippen LogP contribution in [-0.2, 0) is 0 Å². The molecule has 114 valence electrons. The van der Waals surface area contributed by atoms with Crippen molar-refractivity contribution in [3.63, 3.8) is 0 Å². The fourth-order valence-electron chi connectivity index (χ4n) is 1.70. The lowest BCUT2D eigenvalue weighted by atomic mass is 10.2. The van der Waals surface area contributed by atoms with E-state index in [0.29, 0.717) is 21.4 Å². The first kappa shape index (κ1) is 16.8. The van der Waals surface area contributed by atoms with E-state index in [2.05, 4.69) is 10.5 Å². The van der Waals surface area contributed by atoms with Gasteiger partial charge in [0.15, 0.2) is 0 Å². The predicted octanol–water partition coefficient (Wildman–Crippen LogP) is 6.09. The van der Waals surface area contributed by atoms with Gasteiger partial charge < -0.3 is 0 Å². The maximum atomic E-state index is 11.5. The standard InChI is InChI=1S/C13H8Cl4N4O/c14-7-3-1-5-9(11(7)16)21(20-13(22)19-18)10-6-2-4-8(15)12(10)17/h1-6,18H,(H,20,22). The van der Waals surface area contributed by atoms with Crippen LogP contribution in [0.25, 0.3) is 0 Å². The number of urea groups is 1. The minimum atomic E-state index is -0.910. The molecular weight excluding hydrogens is 370 g/mol. The van der Waals surface area contributed by atoms with Crippen LogP contribution in [0.2, 0.25) is 20.1 Å². The lowest BCUT2D eigenvalue weighted by Gasteiger charge is -2.26. The number of hydrogen-bond donors (Lipinski definition) is 2. The molecule has 2 rings (SSSR count). The number of carbonyl (C=O) groups excluding carboxylic acids is 1. The van der Waals surface area contributed by atoms with E-state index in [9.17, 15) is 4.79 Å². The first-order valence-corrected chi connectivity index (χ1v) is 7.33. The van der Waals surface area contributed by atoms with E-state index in [1.807, 2.05) is 0 Å². The van der Waals surface area contributed by atoms with Gasteiger partial charge in [-0.25, -0.2) is 15.2 Å². The monoisotopic (exact) mass is 376 g/mol. The molecule has 0 heterocycles. The van der Waals surface area contributed by atoms with Crippen LogP contribution in [0.4, 0.5) is 16.2 Å². The Balaban J connectivity index is 2.61. The third-order valence-corrected chi connectivity index (χ3v) is 4.27. The lowest BCUT2D eigenvalue weighted by Crippen LogP contribution is -2.37. The molecule has 0 atom stereocenters. The Hall–Kier alpha value is -1.53. The molecule has 0 saturated heterocycles. The zero-order valence-electron chi connectivity index (χ0n) is 10.8. The summed E-state index contributed by atoms with van der Waals surface area (Å²) in [6.45, 7) is 0. The van der Waals surface area contributed by atoms with Gasteiger partial charge in [-0.3, -0.25) is 0 Å². The van der Waals surface area contributed by atoms with E-state index < -0.39 is 6.03 Å². The fourth-order valence-corrected chi connectivity index (χ4v) is 2.46. The molecule has 0 spiro atoms. The molecule has 2 N–H and O–H groups in total. The Morgan fingerprint density at radius 2 is 1.41 bits per heavy atom. The van der Waals surface area contributed by atoms with Gasteiger partial charge in [-0.05, 0) is 24.3 Å². The highest BCUT2D eigenvalue weighted by atomic mass is 35.5. The van der Waals surface area contributed by atoms with Gasteiger partial charge in [0.1, 0.15) is 0 Å². The Kier molecular flexibility index (Phi) is 5.47. The quantitative estimate of drug-likeness (QED) is 0.501. The van der Waals surface area contributed by atoms with Crippen molar-refractivity contribution in [2.45, 2.75) is 0 Å². The molecule has 22 heavy (non-hydrogen) atoms. The van der Waals surface area contributed by atoms with Crippen molar-refractivity contribution >= 4 is 63.8 Å². The van der Waals surface area contributed by atoms with E-state index in [4.69, 9.17) is 51.9 Å². The number of anilines is 2. The predicted molar refractivity (Wildman–Crippen MR) is 88.7 cm³/mol. The molecule has 0 aliphatic rings. The highest BCUT2D eigenvalue weighted by molar-refractivity contribution is 6.45. The van der Waals surface area contributed by atoms with Crippen molar-refractivity contribution in [1.82, 2.24) is 5.43 Å². The second kappa shape index (κ2) is 7.15. The van der Waals surface area contributed by atoms with Gasteiger partial charge in [-0.15, -0.1) is 0 Å². The highest BCUT2D eigenvalue weighted by Gasteiger charge is 2.20. The van der Waals surface area contributed by atoms with E-state index in [1.165, 1.54) is 5.01 Å². The topological polar surface area (TPSA) is 68.5 Å². The van der Waals surface area contributed by atoms with Crippen molar-refractivity contribution in [2.24, 2.45) is 5.11 Å². The highest BCUT2D eigenvalue weighted by Crippen LogP contribution is 2.39. The Morgan fingerprint density at radius 3 is 1.82 bits per heavy atom. The lowest BCUT2D eigenvalue weighted by molar-refractivity contribution is 0.247. The van der Waals surface area contributed by atoms with Gasteiger partial charge in [0.2, 0.25) is 0 Å². The number of carbonyl (C=O) groups is 1. The molecule has 0 saturated carbocycles. The molecule has 2 aromatic rings. The Labute approximate surface area is 146 Å². The Morgan fingerprint density at radius 1 is 0.955 bits per heavy atom. The first-order valence-electron chi connectivity index (χ1n) is 5.82. The summed E-state index contributed by atoms with van der Waals surface area (Å²) in [5.74, 6) is 0. The SMILES string of the molecule is N=NC(=O)NN(c1cccc(Cl)c1Cl)c1cccc(Cl)c1Cl. The molecule has 0 unspecified atom stereocenters. The number of rotatable bonds is 3. The second-order valence-corrected chi connectivity index (χ2v) is 5.58. The maximum absolute atomic E-state index is 11.5. The number of hydrogen-bond acceptors (Lipinski definition) is 3. The molecule has 2 aromatic carbocycles. The third-order valence-electron chi connectivity index (χ3n) is 2.65. The summed E-state index contributed by atoms with van der Waals surface area (Å²) in [5, 5.41) is 5.04. The van der Waals surface area contributed by atoms with Crippen molar-refractivity contribution in [1.29, 1.82) is 5.53 Å². The smallest absolute Gasteiger partial charge is 0.249 e. The van der Waals surface area contributed by atoms with E-state index in [-0.39, 0.29) is 10.0 Å². The van der Waals surface area contributed by atoms with Crippen molar-refractivity contribution in [3.05, 3.63) is 56.5 Å². The molecule has 5 nitrogen and oxygen atoms in total. The van der Waals surface area contributed by atoms with Crippen LogP contribution in [0.3, 0.4) is 0 Å². The number of halogens is 4. The van der Waals surface area contributed by atoms with Crippen LogP contribution in [-0.4, -0.2) is 6.03 Å². The summed E-state index contributed by atoms with van der Waals surface area (Å²) in [7, 11) is 0. The van der Waals surface area contributed by atoms with E-state index in [1.54, 1.807) is 36.4 Å². The normalized spacial score (nSPS) is 10.2. The van der Waals surface area contributed by atoms with Crippen molar-refractivity contribution in [2.75, 3.05) is 5.01 Å². The van der Waals surface area contributed by atoms with Crippen LogP contribution < -0.4 is 10.4 Å². The van der Waals surface area contributed by atoms with Crippen LogP contribution in [0.1, 0.15) is 0 Å². The van der Waals surface area contributed by atoms with Crippen molar-refractivity contribution in [3.8, 4) is 0 Å².